The van der Waals surface area contributed by atoms with Gasteiger partial charge in [-0.1, -0.05) is 15.9 Å². The number of nitrogens with two attached hydrogens (primary N) is 1. The number of carbonyl (C=O) groups is 1. The van der Waals surface area contributed by atoms with E-state index < -0.39 is 12.0 Å². The van der Waals surface area contributed by atoms with Crippen LogP contribution in [-0.2, 0) is 9.53 Å². The van der Waals surface area contributed by atoms with Crippen molar-refractivity contribution in [2.24, 2.45) is 5.73 Å². The summed E-state index contributed by atoms with van der Waals surface area (Å²) < 4.78 is 6.24. The molecule has 102 valence electrons. The third kappa shape index (κ3) is 4.09. The molecule has 0 fully saturated rings. The van der Waals surface area contributed by atoms with Gasteiger partial charge in [0, 0.05) is 16.1 Å². The van der Waals surface area contributed by atoms with Crippen LogP contribution in [0.15, 0.2) is 19.5 Å². The smallest absolute Gasteiger partial charge is 0.307 e. The first kappa shape index (κ1) is 18.2. The summed E-state index contributed by atoms with van der Waals surface area (Å²) in [5.41, 5.74) is 6.53. The molecule has 0 radical (unpaired) electrons. The van der Waals surface area contributed by atoms with Gasteiger partial charge >= 0.3 is 5.97 Å². The van der Waals surface area contributed by atoms with E-state index in [2.05, 4.69) is 52.5 Å². The summed E-state index contributed by atoms with van der Waals surface area (Å²) in [7, 11) is 1.30. The van der Waals surface area contributed by atoms with Gasteiger partial charge in [-0.05, 0) is 37.9 Å². The molecular formula is C10H11Br3ClNO3. The molecule has 0 amide bonds. The SMILES string of the molecule is COC(=O)C[C@@H](N)c1c(Br)cc(Br)c(O)c1Br.Cl. The summed E-state index contributed by atoms with van der Waals surface area (Å²) >= 11 is 9.80. The summed E-state index contributed by atoms with van der Waals surface area (Å²) in [5, 5.41) is 9.77. The van der Waals surface area contributed by atoms with Crippen LogP contribution in [0.1, 0.15) is 18.0 Å². The second-order valence-corrected chi connectivity index (χ2v) is 5.80. The molecule has 1 aromatic rings. The minimum absolute atomic E-state index is 0. The molecular weight excluding hydrogens is 457 g/mol. The maximum absolute atomic E-state index is 11.2. The van der Waals surface area contributed by atoms with Crippen LogP contribution in [0.2, 0.25) is 0 Å². The Morgan fingerprint density at radius 2 is 2.00 bits per heavy atom. The van der Waals surface area contributed by atoms with Crippen molar-refractivity contribution < 1.29 is 14.6 Å². The van der Waals surface area contributed by atoms with E-state index in [1.54, 1.807) is 6.07 Å². The van der Waals surface area contributed by atoms with Crippen molar-refractivity contribution in [2.75, 3.05) is 7.11 Å². The number of hydrogen-bond acceptors (Lipinski definition) is 4. The van der Waals surface area contributed by atoms with Gasteiger partial charge in [0.1, 0.15) is 5.75 Å². The summed E-state index contributed by atoms with van der Waals surface area (Å²) in [5.74, 6) is -0.359. The number of phenols is 1. The highest BCUT2D eigenvalue weighted by molar-refractivity contribution is 9.11. The summed E-state index contributed by atoms with van der Waals surface area (Å²) in [6, 6.07) is 1.11. The molecule has 0 aromatic heterocycles. The molecule has 0 aliphatic heterocycles. The zero-order valence-electron chi connectivity index (χ0n) is 9.25. The molecule has 1 rings (SSSR count). The van der Waals surface area contributed by atoms with Crippen molar-refractivity contribution in [3.63, 3.8) is 0 Å². The zero-order valence-corrected chi connectivity index (χ0v) is 14.8. The minimum atomic E-state index is -0.565. The first-order valence-electron chi connectivity index (χ1n) is 4.57. The van der Waals surface area contributed by atoms with E-state index in [-0.39, 0.29) is 24.6 Å². The third-order valence-corrected chi connectivity index (χ3v) is 4.23. The predicted molar refractivity (Wildman–Crippen MR) is 82.0 cm³/mol. The lowest BCUT2D eigenvalue weighted by molar-refractivity contribution is -0.141. The minimum Gasteiger partial charge on any atom is -0.506 e. The Bertz CT molecular complexity index is 456. The van der Waals surface area contributed by atoms with E-state index in [0.29, 0.717) is 19.0 Å². The third-order valence-electron chi connectivity index (χ3n) is 2.17. The fraction of sp³-hybridized carbons (Fsp3) is 0.300. The van der Waals surface area contributed by atoms with Gasteiger partial charge in [0.2, 0.25) is 0 Å². The molecule has 0 unspecified atom stereocenters. The van der Waals surface area contributed by atoms with Crippen LogP contribution in [0.3, 0.4) is 0 Å². The molecule has 0 saturated heterocycles. The first-order valence-corrected chi connectivity index (χ1v) is 6.95. The van der Waals surface area contributed by atoms with Gasteiger partial charge in [-0.3, -0.25) is 4.79 Å². The second kappa shape index (κ2) is 7.69. The molecule has 8 heteroatoms. The lowest BCUT2D eigenvalue weighted by Crippen LogP contribution is -2.17. The van der Waals surface area contributed by atoms with Crippen LogP contribution in [0.5, 0.6) is 5.75 Å². The molecule has 0 saturated carbocycles. The second-order valence-electron chi connectivity index (χ2n) is 3.30. The molecule has 0 heterocycles. The fourth-order valence-electron chi connectivity index (χ4n) is 1.30. The van der Waals surface area contributed by atoms with Gasteiger partial charge in [-0.2, -0.15) is 0 Å². The van der Waals surface area contributed by atoms with Gasteiger partial charge in [-0.25, -0.2) is 0 Å². The van der Waals surface area contributed by atoms with E-state index in [4.69, 9.17) is 5.73 Å². The van der Waals surface area contributed by atoms with E-state index in [1.807, 2.05) is 0 Å². The van der Waals surface area contributed by atoms with Crippen LogP contribution < -0.4 is 5.73 Å². The van der Waals surface area contributed by atoms with Crippen molar-refractivity contribution in [3.8, 4) is 5.75 Å². The molecule has 0 aliphatic carbocycles. The summed E-state index contributed by atoms with van der Waals surface area (Å²) in [6.07, 6.45) is 0.0365. The van der Waals surface area contributed by atoms with Crippen molar-refractivity contribution in [3.05, 3.63) is 25.0 Å². The quantitative estimate of drug-likeness (QED) is 0.665. The number of hydrogen-bond donors (Lipinski definition) is 2. The Kier molecular flexibility index (Phi) is 7.77. The molecule has 0 spiro atoms. The van der Waals surface area contributed by atoms with Crippen LogP contribution in [0.25, 0.3) is 0 Å². The molecule has 4 nitrogen and oxygen atoms in total. The lowest BCUT2D eigenvalue weighted by Gasteiger charge is -2.16. The maximum atomic E-state index is 11.2. The molecule has 1 aromatic carbocycles. The van der Waals surface area contributed by atoms with Gasteiger partial charge in [-0.15, -0.1) is 12.4 Å². The largest absolute Gasteiger partial charge is 0.506 e. The maximum Gasteiger partial charge on any atom is 0.307 e. The van der Waals surface area contributed by atoms with Crippen LogP contribution >= 0.6 is 60.2 Å². The van der Waals surface area contributed by atoms with E-state index in [1.165, 1.54) is 7.11 Å². The van der Waals surface area contributed by atoms with Gasteiger partial charge < -0.3 is 15.6 Å². The number of carbonyl (C=O) groups excluding carboxylic acids is 1. The molecule has 1 atom stereocenters. The molecule has 18 heavy (non-hydrogen) atoms. The van der Waals surface area contributed by atoms with Gasteiger partial charge in [0.05, 0.1) is 22.5 Å². The Balaban J connectivity index is 0.00000289. The summed E-state index contributed by atoms with van der Waals surface area (Å²) in [6.45, 7) is 0. The van der Waals surface area contributed by atoms with Crippen molar-refractivity contribution >= 4 is 66.2 Å². The van der Waals surface area contributed by atoms with Gasteiger partial charge in [0.25, 0.3) is 0 Å². The molecule has 0 bridgehead atoms. The number of methoxy groups -OCH3 is 1. The van der Waals surface area contributed by atoms with Crippen molar-refractivity contribution in [1.29, 1.82) is 0 Å². The average Bonchev–Trinajstić information content (AvgIpc) is 2.25. The summed E-state index contributed by atoms with van der Waals surface area (Å²) in [4.78, 5) is 11.2. The van der Waals surface area contributed by atoms with E-state index >= 15 is 0 Å². The monoisotopic (exact) mass is 465 g/mol. The van der Waals surface area contributed by atoms with Crippen LogP contribution in [-0.4, -0.2) is 18.2 Å². The predicted octanol–water partition coefficient (Wildman–Crippen LogP) is 3.66. The van der Waals surface area contributed by atoms with Crippen molar-refractivity contribution in [1.82, 2.24) is 0 Å². The number of esters is 1. The number of rotatable bonds is 3. The Hall–Kier alpha value is 0.180. The molecule has 3 N–H and O–H groups in total. The lowest BCUT2D eigenvalue weighted by atomic mass is 10.0. The van der Waals surface area contributed by atoms with Crippen molar-refractivity contribution in [2.45, 2.75) is 12.5 Å². The standard InChI is InChI=1S/C10H10Br3NO3.ClH/c1-17-7(15)3-6(14)8-4(11)2-5(12)10(16)9(8)13;/h2,6,16H,3,14H2,1H3;1H/t6-;/m1./s1. The van der Waals surface area contributed by atoms with E-state index in [9.17, 15) is 9.90 Å². The van der Waals surface area contributed by atoms with Gasteiger partial charge in [0.15, 0.2) is 0 Å². The highest BCUT2D eigenvalue weighted by atomic mass is 79.9. The van der Waals surface area contributed by atoms with E-state index in [0.717, 1.165) is 0 Å². The average molecular weight is 468 g/mol. The topological polar surface area (TPSA) is 72.5 Å². The van der Waals surface area contributed by atoms with Crippen LogP contribution in [0.4, 0.5) is 0 Å². The fourth-order valence-corrected chi connectivity index (χ4v) is 4.01. The Morgan fingerprint density at radius 3 is 2.50 bits per heavy atom. The highest BCUT2D eigenvalue weighted by Crippen LogP contribution is 2.42. The Morgan fingerprint density at radius 1 is 1.44 bits per heavy atom. The number of benzene rings is 1. The number of phenolic OH excluding ortho intramolecular Hbond substituents is 1. The number of aromatic hydroxyl groups is 1. The zero-order chi connectivity index (χ0) is 13.2. The number of halogens is 4. The first-order chi connectivity index (χ1) is 7.88. The highest BCUT2D eigenvalue weighted by Gasteiger charge is 2.21. The normalized spacial score (nSPS) is 11.6. The molecule has 0 aliphatic rings. The van der Waals surface area contributed by atoms with Crippen LogP contribution in [0, 0.1) is 0 Å². The Labute approximate surface area is 136 Å². The number of ether oxygens (including phenoxy) is 1.